The van der Waals surface area contributed by atoms with Crippen LogP contribution in [0.15, 0.2) is 0 Å². The standard InChI is InChI=1S/C13H24N2O/c16-10-13(14-11-3-1-2-4-11)7-8-15(9-13)12-5-6-12/h11-12,14,16H,1-10H2. The molecule has 0 bridgehead atoms. The molecular weight excluding hydrogens is 200 g/mol. The van der Waals surface area contributed by atoms with Gasteiger partial charge in [-0.1, -0.05) is 12.8 Å². The second kappa shape index (κ2) is 4.28. The number of rotatable bonds is 4. The van der Waals surface area contributed by atoms with Crippen LogP contribution in [0, 0.1) is 0 Å². The Kier molecular flexibility index (Phi) is 2.94. The molecule has 1 saturated heterocycles. The second-order valence-corrected chi connectivity index (χ2v) is 6.02. The second-order valence-electron chi connectivity index (χ2n) is 6.02. The van der Waals surface area contributed by atoms with Crippen molar-refractivity contribution in [3.8, 4) is 0 Å². The van der Waals surface area contributed by atoms with Crippen LogP contribution < -0.4 is 5.32 Å². The minimum absolute atomic E-state index is 0.0254. The van der Waals surface area contributed by atoms with Crippen LogP contribution in [0.1, 0.15) is 44.9 Å². The molecule has 3 fully saturated rings. The van der Waals surface area contributed by atoms with Gasteiger partial charge in [-0.15, -0.1) is 0 Å². The molecule has 2 N–H and O–H groups in total. The summed E-state index contributed by atoms with van der Waals surface area (Å²) in [7, 11) is 0. The number of aliphatic hydroxyl groups is 1. The topological polar surface area (TPSA) is 35.5 Å². The van der Waals surface area contributed by atoms with Gasteiger partial charge in [0.1, 0.15) is 0 Å². The van der Waals surface area contributed by atoms with Crippen molar-refractivity contribution in [3.63, 3.8) is 0 Å². The molecule has 1 aliphatic heterocycles. The summed E-state index contributed by atoms with van der Waals surface area (Å²) in [6.45, 7) is 2.57. The summed E-state index contributed by atoms with van der Waals surface area (Å²) in [6.07, 6.45) is 9.25. The molecule has 1 unspecified atom stereocenters. The van der Waals surface area contributed by atoms with Crippen LogP contribution in [0.2, 0.25) is 0 Å². The molecule has 3 rings (SSSR count). The van der Waals surface area contributed by atoms with Crippen LogP contribution >= 0.6 is 0 Å². The van der Waals surface area contributed by atoms with Crippen molar-refractivity contribution < 1.29 is 5.11 Å². The summed E-state index contributed by atoms with van der Waals surface area (Å²) in [6, 6.07) is 1.52. The number of nitrogens with one attached hydrogen (secondary N) is 1. The summed E-state index contributed by atoms with van der Waals surface area (Å²) >= 11 is 0. The van der Waals surface area contributed by atoms with E-state index in [4.69, 9.17) is 0 Å². The molecule has 92 valence electrons. The first-order chi connectivity index (χ1) is 7.81. The number of hydrogen-bond donors (Lipinski definition) is 2. The lowest BCUT2D eigenvalue weighted by atomic mass is 9.98. The van der Waals surface area contributed by atoms with E-state index in [1.165, 1.54) is 45.1 Å². The van der Waals surface area contributed by atoms with E-state index in [-0.39, 0.29) is 5.54 Å². The van der Waals surface area contributed by atoms with Crippen LogP contribution in [0.5, 0.6) is 0 Å². The van der Waals surface area contributed by atoms with Crippen molar-refractivity contribution in [2.24, 2.45) is 0 Å². The van der Waals surface area contributed by atoms with Gasteiger partial charge >= 0.3 is 0 Å². The highest BCUT2D eigenvalue weighted by atomic mass is 16.3. The van der Waals surface area contributed by atoms with E-state index in [0.717, 1.165) is 19.0 Å². The molecule has 2 saturated carbocycles. The number of likely N-dealkylation sites (tertiary alicyclic amines) is 1. The molecule has 3 nitrogen and oxygen atoms in total. The molecule has 1 atom stereocenters. The predicted octanol–water partition coefficient (Wildman–Crippen LogP) is 1.12. The summed E-state index contributed by atoms with van der Waals surface area (Å²) in [5.74, 6) is 0. The molecule has 16 heavy (non-hydrogen) atoms. The Balaban J connectivity index is 1.59. The van der Waals surface area contributed by atoms with Gasteiger partial charge in [0.25, 0.3) is 0 Å². The molecule has 1 heterocycles. The minimum Gasteiger partial charge on any atom is -0.394 e. The van der Waals surface area contributed by atoms with Crippen LogP contribution in [0.4, 0.5) is 0 Å². The fourth-order valence-corrected chi connectivity index (χ4v) is 3.45. The quantitative estimate of drug-likeness (QED) is 0.751. The third kappa shape index (κ3) is 2.13. The lowest BCUT2D eigenvalue weighted by molar-refractivity contribution is 0.146. The third-order valence-corrected chi connectivity index (χ3v) is 4.61. The molecule has 3 heteroatoms. The average molecular weight is 224 g/mol. The lowest BCUT2D eigenvalue weighted by Crippen LogP contribution is -2.54. The van der Waals surface area contributed by atoms with Crippen molar-refractivity contribution in [3.05, 3.63) is 0 Å². The van der Waals surface area contributed by atoms with Crippen molar-refractivity contribution in [1.82, 2.24) is 10.2 Å². The summed E-state index contributed by atoms with van der Waals surface area (Å²) in [4.78, 5) is 2.58. The van der Waals surface area contributed by atoms with Crippen LogP contribution in [0.3, 0.4) is 0 Å². The van der Waals surface area contributed by atoms with E-state index >= 15 is 0 Å². The Morgan fingerprint density at radius 1 is 1.19 bits per heavy atom. The fourth-order valence-electron chi connectivity index (χ4n) is 3.45. The number of hydrogen-bond acceptors (Lipinski definition) is 3. The zero-order valence-electron chi connectivity index (χ0n) is 10.1. The van der Waals surface area contributed by atoms with E-state index in [0.29, 0.717) is 12.6 Å². The molecule has 0 radical (unpaired) electrons. The monoisotopic (exact) mass is 224 g/mol. The highest BCUT2D eigenvalue weighted by molar-refractivity contribution is 5.03. The SMILES string of the molecule is OCC1(NC2CCCC2)CCN(C2CC2)C1. The zero-order chi connectivity index (χ0) is 11.0. The first-order valence-electron chi connectivity index (χ1n) is 6.94. The Morgan fingerprint density at radius 2 is 1.94 bits per heavy atom. The largest absolute Gasteiger partial charge is 0.394 e. The molecule has 0 spiro atoms. The lowest BCUT2D eigenvalue weighted by Gasteiger charge is -2.32. The van der Waals surface area contributed by atoms with Gasteiger partial charge in [-0.2, -0.15) is 0 Å². The van der Waals surface area contributed by atoms with Gasteiger partial charge in [0.15, 0.2) is 0 Å². The van der Waals surface area contributed by atoms with Gasteiger partial charge in [0.2, 0.25) is 0 Å². The predicted molar refractivity (Wildman–Crippen MR) is 64.4 cm³/mol. The van der Waals surface area contributed by atoms with Crippen molar-refractivity contribution in [1.29, 1.82) is 0 Å². The highest BCUT2D eigenvalue weighted by Gasteiger charge is 2.43. The Hall–Kier alpha value is -0.120. The minimum atomic E-state index is 0.0254. The van der Waals surface area contributed by atoms with Crippen molar-refractivity contribution >= 4 is 0 Å². The Labute approximate surface area is 98.2 Å². The maximum absolute atomic E-state index is 9.71. The van der Waals surface area contributed by atoms with Crippen molar-refractivity contribution in [2.75, 3.05) is 19.7 Å². The van der Waals surface area contributed by atoms with E-state index in [1.54, 1.807) is 0 Å². The van der Waals surface area contributed by atoms with Crippen LogP contribution in [-0.2, 0) is 0 Å². The first kappa shape index (κ1) is 11.0. The molecule has 0 amide bonds. The summed E-state index contributed by atoms with van der Waals surface area (Å²) in [5.41, 5.74) is 0.0254. The summed E-state index contributed by atoms with van der Waals surface area (Å²) in [5, 5.41) is 13.5. The average Bonchev–Trinajstić information content (AvgIpc) is 2.88. The molecular formula is C13H24N2O. The molecule has 0 aromatic carbocycles. The van der Waals surface area contributed by atoms with Crippen molar-refractivity contribution in [2.45, 2.75) is 62.6 Å². The van der Waals surface area contributed by atoms with Gasteiger partial charge in [-0.05, 0) is 32.1 Å². The highest BCUT2D eigenvalue weighted by Crippen LogP contribution is 2.34. The van der Waals surface area contributed by atoms with E-state index in [2.05, 4.69) is 10.2 Å². The van der Waals surface area contributed by atoms with Gasteiger partial charge in [0.05, 0.1) is 12.1 Å². The Morgan fingerprint density at radius 3 is 2.56 bits per heavy atom. The van der Waals surface area contributed by atoms with Gasteiger partial charge < -0.3 is 10.4 Å². The van der Waals surface area contributed by atoms with Gasteiger partial charge in [-0.25, -0.2) is 0 Å². The first-order valence-corrected chi connectivity index (χ1v) is 6.94. The molecule has 0 aromatic rings. The maximum Gasteiger partial charge on any atom is 0.0626 e. The third-order valence-electron chi connectivity index (χ3n) is 4.61. The van der Waals surface area contributed by atoms with Crippen LogP contribution in [-0.4, -0.2) is 47.3 Å². The Bertz CT molecular complexity index is 248. The van der Waals surface area contributed by atoms with E-state index in [9.17, 15) is 5.11 Å². The van der Waals surface area contributed by atoms with E-state index in [1.807, 2.05) is 0 Å². The molecule has 2 aliphatic carbocycles. The van der Waals surface area contributed by atoms with E-state index < -0.39 is 0 Å². The molecule has 3 aliphatic rings. The molecule has 0 aromatic heterocycles. The van der Waals surface area contributed by atoms with Gasteiger partial charge in [0, 0.05) is 25.2 Å². The maximum atomic E-state index is 9.71. The number of aliphatic hydroxyl groups excluding tert-OH is 1. The normalized spacial score (nSPS) is 37.3. The zero-order valence-corrected chi connectivity index (χ0v) is 10.1. The van der Waals surface area contributed by atoms with Crippen LogP contribution in [0.25, 0.3) is 0 Å². The van der Waals surface area contributed by atoms with Gasteiger partial charge in [-0.3, -0.25) is 4.90 Å². The fraction of sp³-hybridized carbons (Fsp3) is 1.00. The number of nitrogens with zero attached hydrogens (tertiary/aromatic N) is 1. The summed E-state index contributed by atoms with van der Waals surface area (Å²) < 4.78 is 0. The smallest absolute Gasteiger partial charge is 0.0626 e.